The van der Waals surface area contributed by atoms with Crippen LogP contribution in [0, 0.1) is 7.91 Å². The number of aliphatic hydroxyl groups excluding tert-OH is 2. The zero-order valence-electron chi connectivity index (χ0n) is 11.9. The predicted molar refractivity (Wildman–Crippen MR) is 95.6 cm³/mol. The van der Waals surface area contributed by atoms with Crippen LogP contribution in [-0.4, -0.2) is 19.6 Å². The minimum absolute atomic E-state index is 0.404. The van der Waals surface area contributed by atoms with Crippen molar-refractivity contribution in [1.82, 2.24) is 9.36 Å². The minimum atomic E-state index is -1.02. The van der Waals surface area contributed by atoms with Crippen LogP contribution >= 0.6 is 35.8 Å². The largest absolute Gasteiger partial charge is 0.368 e. The summed E-state index contributed by atoms with van der Waals surface area (Å²) in [5, 5.41) is 21.4. The Bertz CT molecular complexity index is 826. The molecule has 0 bridgehead atoms. The lowest BCUT2D eigenvalue weighted by Crippen LogP contribution is -2.24. The van der Waals surface area contributed by atoms with Crippen LogP contribution in [0.1, 0.15) is 23.6 Å². The van der Waals surface area contributed by atoms with Gasteiger partial charge in [-0.05, 0) is 24.4 Å². The fourth-order valence-electron chi connectivity index (χ4n) is 2.31. The molecular weight excluding hydrogens is 348 g/mol. The van der Waals surface area contributed by atoms with Crippen LogP contribution in [0.4, 0.5) is 0 Å². The van der Waals surface area contributed by atoms with Gasteiger partial charge >= 0.3 is 0 Å². The third kappa shape index (κ3) is 3.19. The molecule has 0 fully saturated rings. The second kappa shape index (κ2) is 6.86. The highest BCUT2D eigenvalue weighted by atomic mass is 32.2. The maximum Gasteiger partial charge on any atom is 0.181 e. The van der Waals surface area contributed by atoms with Gasteiger partial charge in [-0.15, -0.1) is 0 Å². The normalized spacial score (nSPS) is 13.7. The SMILES string of the molecule is O[C@H](c1ccccc1)n1c(=S)sc(=S)n1[C@H](O)c1ccccc1. The summed E-state index contributed by atoms with van der Waals surface area (Å²) in [5.74, 6) is 0. The Balaban J connectivity index is 2.12. The van der Waals surface area contributed by atoms with Crippen molar-refractivity contribution in [1.29, 1.82) is 0 Å². The van der Waals surface area contributed by atoms with Gasteiger partial charge < -0.3 is 10.2 Å². The van der Waals surface area contributed by atoms with E-state index in [1.165, 1.54) is 20.7 Å². The maximum absolute atomic E-state index is 10.7. The number of hydrogen-bond donors (Lipinski definition) is 2. The Labute approximate surface area is 147 Å². The van der Waals surface area contributed by atoms with Crippen LogP contribution in [-0.2, 0) is 0 Å². The van der Waals surface area contributed by atoms with Gasteiger partial charge in [0.05, 0.1) is 0 Å². The van der Waals surface area contributed by atoms with Gasteiger partial charge in [0, 0.05) is 11.1 Å². The molecule has 0 unspecified atom stereocenters. The molecule has 3 rings (SSSR count). The summed E-state index contributed by atoms with van der Waals surface area (Å²) in [7, 11) is 0. The first-order chi connectivity index (χ1) is 11.1. The molecule has 0 saturated carbocycles. The van der Waals surface area contributed by atoms with E-state index in [9.17, 15) is 10.2 Å². The van der Waals surface area contributed by atoms with Crippen LogP contribution in [0.3, 0.4) is 0 Å². The summed E-state index contributed by atoms with van der Waals surface area (Å²) in [6.45, 7) is 0. The van der Waals surface area contributed by atoms with E-state index in [-0.39, 0.29) is 0 Å². The van der Waals surface area contributed by atoms with Crippen LogP contribution in [0.5, 0.6) is 0 Å². The van der Waals surface area contributed by atoms with E-state index in [1.54, 1.807) is 24.3 Å². The molecule has 23 heavy (non-hydrogen) atoms. The van der Waals surface area contributed by atoms with Crippen molar-refractivity contribution >= 4 is 35.8 Å². The number of benzene rings is 2. The van der Waals surface area contributed by atoms with Crippen LogP contribution < -0.4 is 0 Å². The molecule has 0 aliphatic heterocycles. The first-order valence-corrected chi connectivity index (χ1v) is 8.53. The number of aromatic nitrogens is 2. The molecule has 1 aromatic heterocycles. The molecule has 0 radical (unpaired) electrons. The second-order valence-corrected chi connectivity index (χ2v) is 7.16. The van der Waals surface area contributed by atoms with E-state index >= 15 is 0 Å². The van der Waals surface area contributed by atoms with Gasteiger partial charge in [0.25, 0.3) is 0 Å². The van der Waals surface area contributed by atoms with Gasteiger partial charge in [-0.1, -0.05) is 72.0 Å². The summed E-state index contributed by atoms with van der Waals surface area (Å²) in [5.41, 5.74) is 1.34. The quantitative estimate of drug-likeness (QED) is 0.692. The van der Waals surface area contributed by atoms with Gasteiger partial charge in [0.1, 0.15) is 0 Å². The summed E-state index contributed by atoms with van der Waals surface area (Å²) in [6, 6.07) is 18.3. The Hall–Kier alpha value is -1.64. The maximum atomic E-state index is 10.7. The smallest absolute Gasteiger partial charge is 0.181 e. The highest BCUT2D eigenvalue weighted by Gasteiger charge is 2.21. The van der Waals surface area contributed by atoms with Gasteiger partial charge in [0.15, 0.2) is 20.4 Å². The molecule has 0 saturated heterocycles. The van der Waals surface area contributed by atoms with Crippen LogP contribution in [0.15, 0.2) is 60.7 Å². The lowest BCUT2D eigenvalue weighted by molar-refractivity contribution is 0.0557. The molecule has 0 aliphatic carbocycles. The summed E-state index contributed by atoms with van der Waals surface area (Å²) in [6.07, 6.45) is -2.04. The van der Waals surface area contributed by atoms with Crippen LogP contribution in [0.2, 0.25) is 0 Å². The molecule has 2 aromatic carbocycles. The number of hydrogen-bond acceptors (Lipinski definition) is 5. The van der Waals surface area contributed by atoms with Crippen molar-refractivity contribution in [2.45, 2.75) is 12.5 Å². The van der Waals surface area contributed by atoms with Crippen molar-refractivity contribution in [3.63, 3.8) is 0 Å². The Morgan fingerprint density at radius 3 is 1.39 bits per heavy atom. The zero-order chi connectivity index (χ0) is 16.4. The van der Waals surface area contributed by atoms with Crippen molar-refractivity contribution in [3.8, 4) is 0 Å². The van der Waals surface area contributed by atoms with Gasteiger partial charge in [-0.25, -0.2) is 9.36 Å². The van der Waals surface area contributed by atoms with Gasteiger partial charge in [0.2, 0.25) is 0 Å². The Morgan fingerprint density at radius 2 is 1.04 bits per heavy atom. The summed E-state index contributed by atoms with van der Waals surface area (Å²) >= 11 is 11.8. The Kier molecular flexibility index (Phi) is 4.84. The average molecular weight is 363 g/mol. The van der Waals surface area contributed by atoms with E-state index in [4.69, 9.17) is 24.4 Å². The Morgan fingerprint density at radius 1 is 0.696 bits per heavy atom. The highest BCUT2D eigenvalue weighted by molar-refractivity contribution is 7.75. The molecule has 0 aliphatic rings. The van der Waals surface area contributed by atoms with Crippen molar-refractivity contribution in [3.05, 3.63) is 79.7 Å². The van der Waals surface area contributed by atoms with E-state index in [0.717, 1.165) is 0 Å². The van der Waals surface area contributed by atoms with E-state index < -0.39 is 12.5 Å². The fraction of sp³-hybridized carbons (Fsp3) is 0.125. The average Bonchev–Trinajstić information content (AvgIpc) is 2.89. The summed E-state index contributed by atoms with van der Waals surface area (Å²) < 4.78 is 3.72. The zero-order valence-corrected chi connectivity index (χ0v) is 14.4. The number of rotatable bonds is 4. The minimum Gasteiger partial charge on any atom is -0.368 e. The summed E-state index contributed by atoms with van der Waals surface area (Å²) in [4.78, 5) is 0. The van der Waals surface area contributed by atoms with E-state index in [0.29, 0.717) is 19.0 Å². The predicted octanol–water partition coefficient (Wildman–Crippen LogP) is 3.89. The lowest BCUT2D eigenvalue weighted by atomic mass is 10.2. The first kappa shape index (κ1) is 16.2. The highest BCUT2D eigenvalue weighted by Crippen LogP contribution is 2.25. The molecule has 4 nitrogen and oxygen atoms in total. The molecular formula is C16H14N2O2S3. The van der Waals surface area contributed by atoms with Crippen molar-refractivity contribution < 1.29 is 10.2 Å². The molecule has 2 N–H and O–H groups in total. The van der Waals surface area contributed by atoms with Crippen molar-refractivity contribution in [2.24, 2.45) is 0 Å². The van der Waals surface area contributed by atoms with Gasteiger partial charge in [-0.2, -0.15) is 0 Å². The van der Waals surface area contributed by atoms with E-state index in [2.05, 4.69) is 0 Å². The molecule has 0 spiro atoms. The molecule has 0 amide bonds. The van der Waals surface area contributed by atoms with Crippen molar-refractivity contribution in [2.75, 3.05) is 0 Å². The number of aliphatic hydroxyl groups is 2. The third-order valence-electron chi connectivity index (χ3n) is 3.44. The second-order valence-electron chi connectivity index (χ2n) is 4.89. The monoisotopic (exact) mass is 362 g/mol. The third-order valence-corrected chi connectivity index (χ3v) is 5.04. The van der Waals surface area contributed by atoms with Gasteiger partial charge in [-0.3, -0.25) is 0 Å². The molecule has 118 valence electrons. The standard InChI is InChI=1S/C16H14N2O2S3/c19-13(11-7-3-1-4-8-11)17-15(21)23-16(22)18(17)14(20)12-9-5-2-6-10-12/h1-10,13-14,19-20H/t13-,14-/m1/s1. The molecule has 2 atom stereocenters. The topological polar surface area (TPSA) is 50.3 Å². The molecule has 7 heteroatoms. The molecule has 1 heterocycles. The molecule has 3 aromatic rings. The van der Waals surface area contributed by atoms with E-state index in [1.807, 2.05) is 36.4 Å². The first-order valence-electron chi connectivity index (χ1n) is 6.90. The fourth-order valence-corrected chi connectivity index (χ4v) is 4.03. The number of nitrogens with zero attached hydrogens (tertiary/aromatic N) is 2. The van der Waals surface area contributed by atoms with Crippen LogP contribution in [0.25, 0.3) is 0 Å². The lowest BCUT2D eigenvalue weighted by Gasteiger charge is -2.21.